The van der Waals surface area contributed by atoms with Crippen molar-refractivity contribution >= 4 is 12.0 Å². The summed E-state index contributed by atoms with van der Waals surface area (Å²) in [6.07, 6.45) is -3.37. The number of pyridine rings is 1. The summed E-state index contributed by atoms with van der Waals surface area (Å²) in [5.41, 5.74) is -0.870. The molecule has 10 heteroatoms. The van der Waals surface area contributed by atoms with E-state index in [1.807, 2.05) is 0 Å². The van der Waals surface area contributed by atoms with Gasteiger partial charge in [0.05, 0.1) is 18.0 Å². The standard InChI is InChI=1S/C14H16F3N3O4/c15-14(16,17)10-1-2-11(19-7-10)24-6-4-18-13(23)20-5-3-9(8-20)12(21)22/h1-2,7,9H,3-6,8H2,(H,18,23)(H,21,22). The molecule has 1 atom stereocenters. The molecule has 2 N–H and O–H groups in total. The Kier molecular flexibility index (Phi) is 5.47. The van der Waals surface area contributed by atoms with Crippen molar-refractivity contribution in [3.05, 3.63) is 23.9 Å². The van der Waals surface area contributed by atoms with Crippen LogP contribution in [-0.4, -0.2) is 53.2 Å². The van der Waals surface area contributed by atoms with Crippen LogP contribution in [0.1, 0.15) is 12.0 Å². The molecule has 1 aliphatic rings. The van der Waals surface area contributed by atoms with Crippen molar-refractivity contribution in [3.63, 3.8) is 0 Å². The zero-order valence-corrected chi connectivity index (χ0v) is 12.5. The average molecular weight is 347 g/mol. The molecule has 0 spiro atoms. The third kappa shape index (κ3) is 4.74. The Morgan fingerprint density at radius 3 is 2.71 bits per heavy atom. The zero-order valence-electron chi connectivity index (χ0n) is 12.5. The molecule has 1 unspecified atom stereocenters. The van der Waals surface area contributed by atoms with Crippen LogP contribution in [0.4, 0.5) is 18.0 Å². The lowest BCUT2D eigenvalue weighted by Gasteiger charge is -2.16. The van der Waals surface area contributed by atoms with Crippen molar-refractivity contribution in [1.82, 2.24) is 15.2 Å². The molecule has 1 aliphatic heterocycles. The first-order valence-electron chi connectivity index (χ1n) is 7.19. The van der Waals surface area contributed by atoms with Crippen molar-refractivity contribution in [1.29, 1.82) is 0 Å². The summed E-state index contributed by atoms with van der Waals surface area (Å²) in [5.74, 6) is -1.46. The number of carboxylic acid groups (broad SMARTS) is 1. The van der Waals surface area contributed by atoms with Crippen LogP contribution in [0, 0.1) is 5.92 Å². The van der Waals surface area contributed by atoms with Crippen molar-refractivity contribution in [3.8, 4) is 5.88 Å². The highest BCUT2D eigenvalue weighted by atomic mass is 19.4. The number of carbonyl (C=O) groups is 2. The minimum atomic E-state index is -4.46. The van der Waals surface area contributed by atoms with E-state index < -0.39 is 29.7 Å². The minimum absolute atomic E-state index is 0.0179. The van der Waals surface area contributed by atoms with Crippen LogP contribution < -0.4 is 10.1 Å². The van der Waals surface area contributed by atoms with Crippen LogP contribution >= 0.6 is 0 Å². The van der Waals surface area contributed by atoms with E-state index in [2.05, 4.69) is 10.3 Å². The summed E-state index contributed by atoms with van der Waals surface area (Å²) in [6.45, 7) is 0.669. The molecule has 132 valence electrons. The van der Waals surface area contributed by atoms with Gasteiger partial charge in [0.25, 0.3) is 0 Å². The molecule has 7 nitrogen and oxygen atoms in total. The predicted molar refractivity (Wildman–Crippen MR) is 75.4 cm³/mol. The molecule has 24 heavy (non-hydrogen) atoms. The molecule has 0 aromatic carbocycles. The quantitative estimate of drug-likeness (QED) is 0.790. The maximum absolute atomic E-state index is 12.4. The van der Waals surface area contributed by atoms with Gasteiger partial charge in [-0.1, -0.05) is 0 Å². The second-order valence-corrected chi connectivity index (χ2v) is 5.23. The van der Waals surface area contributed by atoms with Crippen molar-refractivity contribution < 1.29 is 32.6 Å². The number of urea groups is 1. The zero-order chi connectivity index (χ0) is 17.7. The summed E-state index contributed by atoms with van der Waals surface area (Å²) in [6, 6.07) is 1.56. The molecule has 0 radical (unpaired) electrons. The summed E-state index contributed by atoms with van der Waals surface area (Å²) < 4.78 is 42.3. The fraction of sp³-hybridized carbons (Fsp3) is 0.500. The Hall–Kier alpha value is -2.52. The van der Waals surface area contributed by atoms with E-state index in [1.165, 1.54) is 4.90 Å². The van der Waals surface area contributed by atoms with E-state index in [9.17, 15) is 22.8 Å². The summed E-state index contributed by atoms with van der Waals surface area (Å²) in [4.78, 5) is 27.6. The second kappa shape index (κ2) is 7.37. The van der Waals surface area contributed by atoms with Gasteiger partial charge in [0, 0.05) is 25.4 Å². The lowest BCUT2D eigenvalue weighted by atomic mass is 10.1. The summed E-state index contributed by atoms with van der Waals surface area (Å²) in [7, 11) is 0. The van der Waals surface area contributed by atoms with Gasteiger partial charge in [-0.25, -0.2) is 9.78 Å². The Morgan fingerprint density at radius 1 is 1.42 bits per heavy atom. The van der Waals surface area contributed by atoms with Crippen molar-refractivity contribution in [2.45, 2.75) is 12.6 Å². The highest BCUT2D eigenvalue weighted by Crippen LogP contribution is 2.29. The fourth-order valence-corrected chi connectivity index (χ4v) is 2.21. The lowest BCUT2D eigenvalue weighted by Crippen LogP contribution is -2.40. The van der Waals surface area contributed by atoms with E-state index in [4.69, 9.17) is 9.84 Å². The van der Waals surface area contributed by atoms with Crippen molar-refractivity contribution in [2.24, 2.45) is 5.92 Å². The number of likely N-dealkylation sites (tertiary alicyclic amines) is 1. The normalized spacial score (nSPS) is 17.6. The third-order valence-electron chi connectivity index (χ3n) is 3.52. The Balaban J connectivity index is 1.69. The molecular weight excluding hydrogens is 331 g/mol. The van der Waals surface area contributed by atoms with Crippen LogP contribution in [0.2, 0.25) is 0 Å². The fourth-order valence-electron chi connectivity index (χ4n) is 2.21. The van der Waals surface area contributed by atoms with Gasteiger partial charge < -0.3 is 20.1 Å². The number of ether oxygens (including phenoxy) is 1. The van der Waals surface area contributed by atoms with E-state index in [-0.39, 0.29) is 25.6 Å². The lowest BCUT2D eigenvalue weighted by molar-refractivity contribution is -0.141. The average Bonchev–Trinajstić information content (AvgIpc) is 3.01. The first kappa shape index (κ1) is 17.8. The van der Waals surface area contributed by atoms with Crippen LogP contribution in [0.15, 0.2) is 18.3 Å². The summed E-state index contributed by atoms with van der Waals surface area (Å²) in [5, 5.41) is 11.4. The van der Waals surface area contributed by atoms with Gasteiger partial charge in [0.2, 0.25) is 5.88 Å². The monoisotopic (exact) mass is 347 g/mol. The number of halogens is 3. The molecule has 0 aliphatic carbocycles. The number of hydrogen-bond donors (Lipinski definition) is 2. The predicted octanol–water partition coefficient (Wildman–Crippen LogP) is 1.60. The van der Waals surface area contributed by atoms with Crippen LogP contribution in [-0.2, 0) is 11.0 Å². The van der Waals surface area contributed by atoms with Gasteiger partial charge in [-0.15, -0.1) is 0 Å². The summed E-state index contributed by atoms with van der Waals surface area (Å²) >= 11 is 0. The molecule has 2 amide bonds. The molecular formula is C14H16F3N3O4. The maximum Gasteiger partial charge on any atom is 0.417 e. The first-order valence-corrected chi connectivity index (χ1v) is 7.19. The highest BCUT2D eigenvalue weighted by molar-refractivity contribution is 5.77. The number of nitrogens with zero attached hydrogens (tertiary/aromatic N) is 2. The number of hydrogen-bond acceptors (Lipinski definition) is 4. The van der Waals surface area contributed by atoms with Gasteiger partial charge in [-0.05, 0) is 12.5 Å². The third-order valence-corrected chi connectivity index (χ3v) is 3.52. The van der Waals surface area contributed by atoms with E-state index in [0.29, 0.717) is 19.2 Å². The molecule has 1 aromatic rings. The van der Waals surface area contributed by atoms with E-state index in [1.54, 1.807) is 0 Å². The number of rotatable bonds is 5. The van der Waals surface area contributed by atoms with Gasteiger partial charge in [0.1, 0.15) is 6.61 Å². The van der Waals surface area contributed by atoms with Gasteiger partial charge in [0.15, 0.2) is 0 Å². The molecule has 1 saturated heterocycles. The van der Waals surface area contributed by atoms with Crippen molar-refractivity contribution in [2.75, 3.05) is 26.2 Å². The topological polar surface area (TPSA) is 91.8 Å². The van der Waals surface area contributed by atoms with E-state index in [0.717, 1.165) is 12.1 Å². The Morgan fingerprint density at radius 2 is 2.17 bits per heavy atom. The Bertz CT molecular complexity index is 592. The second-order valence-electron chi connectivity index (χ2n) is 5.23. The number of aliphatic carboxylic acids is 1. The SMILES string of the molecule is O=C(O)C1CCN(C(=O)NCCOc2ccc(C(F)(F)F)cn2)C1. The first-order chi connectivity index (χ1) is 11.3. The largest absolute Gasteiger partial charge is 0.481 e. The van der Waals surface area contributed by atoms with Crippen LogP contribution in [0.25, 0.3) is 0 Å². The van der Waals surface area contributed by atoms with E-state index >= 15 is 0 Å². The van der Waals surface area contributed by atoms with Crippen LogP contribution in [0.3, 0.4) is 0 Å². The number of carboxylic acids is 1. The van der Waals surface area contributed by atoms with Gasteiger partial charge >= 0.3 is 18.2 Å². The molecule has 0 bridgehead atoms. The van der Waals surface area contributed by atoms with Gasteiger partial charge in [-0.3, -0.25) is 4.79 Å². The molecule has 1 aromatic heterocycles. The molecule has 2 rings (SSSR count). The number of alkyl halides is 3. The molecule has 0 saturated carbocycles. The van der Waals surface area contributed by atoms with Gasteiger partial charge in [-0.2, -0.15) is 13.2 Å². The highest BCUT2D eigenvalue weighted by Gasteiger charge is 2.31. The number of nitrogens with one attached hydrogen (secondary N) is 1. The number of amides is 2. The smallest absolute Gasteiger partial charge is 0.417 e. The number of carbonyl (C=O) groups excluding carboxylic acids is 1. The molecule has 2 heterocycles. The maximum atomic E-state index is 12.4. The minimum Gasteiger partial charge on any atom is -0.481 e. The van der Waals surface area contributed by atoms with Crippen LogP contribution in [0.5, 0.6) is 5.88 Å². The Labute approximate surface area is 135 Å². The molecule has 1 fully saturated rings. The number of aromatic nitrogens is 1.